The first-order valence-corrected chi connectivity index (χ1v) is 23.4. The maximum atomic E-state index is 13.6. The zero-order chi connectivity index (χ0) is 43.4. The highest BCUT2D eigenvalue weighted by Crippen LogP contribution is 2.46. The third-order valence-electron chi connectivity index (χ3n) is 12.0. The Bertz CT molecular complexity index is 1680. The van der Waals surface area contributed by atoms with E-state index >= 15 is 0 Å². The molecule has 2 heterocycles. The van der Waals surface area contributed by atoms with Crippen LogP contribution in [0, 0.1) is 22.7 Å². The molecule has 10 nitrogen and oxygen atoms in total. The van der Waals surface area contributed by atoms with Crippen molar-refractivity contribution in [3.8, 4) is 0 Å². The van der Waals surface area contributed by atoms with E-state index < -0.39 is 42.2 Å². The van der Waals surface area contributed by atoms with Crippen LogP contribution in [0.3, 0.4) is 0 Å². The summed E-state index contributed by atoms with van der Waals surface area (Å²) in [7, 11) is -1.94. The first-order valence-electron chi connectivity index (χ1n) is 20.5. The van der Waals surface area contributed by atoms with Crippen molar-refractivity contribution in [2.24, 2.45) is 22.7 Å². The van der Waals surface area contributed by atoms with Crippen molar-refractivity contribution in [3.05, 3.63) is 71.8 Å². The van der Waals surface area contributed by atoms with Crippen molar-refractivity contribution in [3.63, 3.8) is 0 Å². The molecule has 2 fully saturated rings. The van der Waals surface area contributed by atoms with Crippen molar-refractivity contribution >= 4 is 32.1 Å². The molecule has 0 bridgehead atoms. The quantitative estimate of drug-likeness (QED) is 0.167. The summed E-state index contributed by atoms with van der Waals surface area (Å²) in [6, 6.07) is 19.5. The molecule has 2 amide bonds. The molecule has 2 aliphatic heterocycles. The third-order valence-corrected chi connectivity index (χ3v) is 16.6. The van der Waals surface area contributed by atoms with Gasteiger partial charge in [0.1, 0.15) is 11.2 Å². The summed E-state index contributed by atoms with van der Waals surface area (Å²) >= 11 is 0. The van der Waals surface area contributed by atoms with Crippen LogP contribution >= 0.6 is 0 Å². The Balaban J connectivity index is 0.000000315. The maximum Gasteiger partial charge on any atom is 0.314 e. The summed E-state index contributed by atoms with van der Waals surface area (Å²) in [5.74, 6) is -1.81. The Kier molecular flexibility index (Phi) is 15.2. The number of aliphatic hydroxyl groups excluding tert-OH is 1. The lowest BCUT2D eigenvalue weighted by Gasteiger charge is -2.37. The lowest BCUT2D eigenvalue weighted by Crippen LogP contribution is -2.43. The molecule has 0 aliphatic carbocycles. The number of likely N-dealkylation sites (tertiary alicyclic amines) is 2. The SMILES string of the molecule is C[C@H](c1ccccc1)N1C[C@@](C)(C(=O)OC(C)(C)C)C(CCO)C1=O.C[C@H](c1ccccc1)N1C[C@@](C)(C(=O)OC(C)(C)C)C(CCO[Si](C)(C)C(C)(C)C)C1=O. The van der Waals surface area contributed by atoms with Crippen LogP contribution in [0.15, 0.2) is 60.7 Å². The average Bonchev–Trinajstić information content (AvgIpc) is 3.52. The van der Waals surface area contributed by atoms with Gasteiger partial charge in [-0.3, -0.25) is 19.2 Å². The van der Waals surface area contributed by atoms with E-state index in [1.54, 1.807) is 11.8 Å². The molecule has 2 aromatic carbocycles. The molecule has 57 heavy (non-hydrogen) atoms. The van der Waals surface area contributed by atoms with Gasteiger partial charge in [-0.1, -0.05) is 81.4 Å². The number of carbonyl (C=O) groups is 4. The Morgan fingerprint density at radius 2 is 1.05 bits per heavy atom. The van der Waals surface area contributed by atoms with Crippen LogP contribution in [0.5, 0.6) is 0 Å². The van der Waals surface area contributed by atoms with Gasteiger partial charge in [0.2, 0.25) is 11.8 Å². The van der Waals surface area contributed by atoms with Gasteiger partial charge in [0.15, 0.2) is 8.32 Å². The largest absolute Gasteiger partial charge is 0.459 e. The molecule has 2 aliphatic rings. The summed E-state index contributed by atoms with van der Waals surface area (Å²) in [6.07, 6.45) is 0.770. The van der Waals surface area contributed by atoms with Crippen molar-refractivity contribution < 1.29 is 38.2 Å². The predicted molar refractivity (Wildman–Crippen MR) is 227 cm³/mol. The van der Waals surface area contributed by atoms with Gasteiger partial charge < -0.3 is 28.8 Å². The van der Waals surface area contributed by atoms with Crippen LogP contribution in [0.4, 0.5) is 0 Å². The minimum atomic E-state index is -1.94. The fourth-order valence-electron chi connectivity index (χ4n) is 7.37. The van der Waals surface area contributed by atoms with Crippen LogP contribution in [0.1, 0.15) is 126 Å². The van der Waals surface area contributed by atoms with Gasteiger partial charge >= 0.3 is 11.9 Å². The smallest absolute Gasteiger partial charge is 0.314 e. The number of hydrogen-bond acceptors (Lipinski definition) is 8. The molecule has 4 rings (SSSR count). The number of carbonyl (C=O) groups excluding carboxylic acids is 4. The van der Waals surface area contributed by atoms with E-state index in [1.165, 1.54) is 0 Å². The summed E-state index contributed by atoms with van der Waals surface area (Å²) in [6.45, 7) is 30.7. The third kappa shape index (κ3) is 11.6. The zero-order valence-electron chi connectivity index (χ0n) is 37.5. The van der Waals surface area contributed by atoms with Crippen LogP contribution in [-0.4, -0.2) is 84.5 Å². The normalized spacial score (nSPS) is 24.1. The predicted octanol–water partition coefficient (Wildman–Crippen LogP) is 8.90. The highest BCUT2D eigenvalue weighted by Gasteiger charge is 2.57. The first-order chi connectivity index (χ1) is 26.1. The second-order valence-electron chi connectivity index (χ2n) is 20.0. The van der Waals surface area contributed by atoms with Gasteiger partial charge in [-0.05, 0) is 111 Å². The lowest BCUT2D eigenvalue weighted by atomic mass is 9.78. The molecular weight excluding hydrogens is 737 g/mol. The van der Waals surface area contributed by atoms with E-state index in [0.717, 1.165) is 11.1 Å². The monoisotopic (exact) mass is 809 g/mol. The van der Waals surface area contributed by atoms with E-state index in [1.807, 2.05) is 128 Å². The topological polar surface area (TPSA) is 123 Å². The molecule has 2 saturated heterocycles. The lowest BCUT2D eigenvalue weighted by molar-refractivity contribution is -0.170. The number of ether oxygens (including phenoxy) is 2. The molecule has 0 aromatic heterocycles. The van der Waals surface area contributed by atoms with Gasteiger partial charge in [-0.15, -0.1) is 0 Å². The Morgan fingerprint density at radius 1 is 0.702 bits per heavy atom. The molecule has 0 radical (unpaired) electrons. The van der Waals surface area contributed by atoms with Crippen LogP contribution in [-0.2, 0) is 33.1 Å². The van der Waals surface area contributed by atoms with Crippen molar-refractivity contribution in [1.29, 1.82) is 0 Å². The number of aliphatic hydroxyl groups is 1. The van der Waals surface area contributed by atoms with Gasteiger partial charge in [-0.25, -0.2) is 0 Å². The zero-order valence-corrected chi connectivity index (χ0v) is 38.5. The van der Waals surface area contributed by atoms with Gasteiger partial charge in [-0.2, -0.15) is 0 Å². The number of rotatable bonds is 12. The average molecular weight is 809 g/mol. The second kappa shape index (κ2) is 18.2. The van der Waals surface area contributed by atoms with E-state index in [4.69, 9.17) is 13.9 Å². The van der Waals surface area contributed by atoms with Crippen LogP contribution < -0.4 is 0 Å². The van der Waals surface area contributed by atoms with Crippen LogP contribution in [0.25, 0.3) is 0 Å². The number of esters is 2. The summed E-state index contributed by atoms with van der Waals surface area (Å²) in [4.78, 5) is 56.4. The van der Waals surface area contributed by atoms with Gasteiger partial charge in [0.25, 0.3) is 0 Å². The number of nitrogens with zero attached hydrogens (tertiary/aromatic N) is 2. The standard InChI is InChI=1S/C26H43NO4Si.C20H29NO4/c1-19(20-14-12-11-13-15-20)27-18-26(8,23(29)31-24(2,3)4)21(22(27)28)16-17-30-32(9,10)25(5,6)7;1-14(15-9-7-6-8-10-15)21-13-20(5,16(11-12-22)17(21)23)18(24)25-19(2,3)4/h11-15,19,21H,16-18H2,1-10H3;6-10,14,16,22H,11-13H2,1-5H3/t19-,21?,26-;14-,16?,20-/m11/s1. The molecule has 318 valence electrons. The Hall–Kier alpha value is -3.54. The fraction of sp³-hybridized carbons (Fsp3) is 0.652. The maximum absolute atomic E-state index is 13.6. The Labute approximate surface area is 344 Å². The van der Waals surface area contributed by atoms with Gasteiger partial charge in [0.05, 0.1) is 34.7 Å². The number of benzene rings is 2. The molecule has 2 unspecified atom stereocenters. The summed E-state index contributed by atoms with van der Waals surface area (Å²) in [5.41, 5.74) is -1.02. The molecular formula is C46H72N2O8Si. The summed E-state index contributed by atoms with van der Waals surface area (Å²) in [5, 5.41) is 9.50. The molecule has 0 saturated carbocycles. The summed E-state index contributed by atoms with van der Waals surface area (Å²) < 4.78 is 17.7. The van der Waals surface area contributed by atoms with E-state index in [2.05, 4.69) is 33.9 Å². The molecule has 1 N–H and O–H groups in total. The number of amides is 2. The first kappa shape index (κ1) is 47.8. The van der Waals surface area contributed by atoms with E-state index in [9.17, 15) is 24.3 Å². The van der Waals surface area contributed by atoms with E-state index in [-0.39, 0.29) is 53.9 Å². The van der Waals surface area contributed by atoms with Crippen LogP contribution in [0.2, 0.25) is 18.1 Å². The fourth-order valence-corrected chi connectivity index (χ4v) is 8.43. The second-order valence-corrected chi connectivity index (χ2v) is 24.8. The number of hydrogen-bond donors (Lipinski definition) is 1. The minimum Gasteiger partial charge on any atom is -0.459 e. The molecule has 0 spiro atoms. The van der Waals surface area contributed by atoms with Crippen molar-refractivity contribution in [2.45, 2.75) is 144 Å². The van der Waals surface area contributed by atoms with E-state index in [0.29, 0.717) is 26.1 Å². The molecule has 6 atom stereocenters. The minimum absolute atomic E-state index is 0.00791. The highest BCUT2D eigenvalue weighted by atomic mass is 28.4. The Morgan fingerprint density at radius 3 is 1.37 bits per heavy atom. The molecule has 11 heteroatoms. The van der Waals surface area contributed by atoms with Gasteiger partial charge in [0, 0.05) is 26.3 Å². The van der Waals surface area contributed by atoms with Crippen molar-refractivity contribution in [2.75, 3.05) is 26.3 Å². The highest BCUT2D eigenvalue weighted by molar-refractivity contribution is 6.74. The van der Waals surface area contributed by atoms with Crippen molar-refractivity contribution in [1.82, 2.24) is 9.80 Å². The molecule has 2 aromatic rings.